The molecule has 0 unspecified atom stereocenters. The predicted molar refractivity (Wildman–Crippen MR) is 89.5 cm³/mol. The smallest absolute Gasteiger partial charge is 0.269 e. The lowest BCUT2D eigenvalue weighted by atomic mass is 10.1. The van der Waals surface area contributed by atoms with Crippen molar-refractivity contribution in [1.29, 1.82) is 0 Å². The van der Waals surface area contributed by atoms with Gasteiger partial charge in [0.2, 0.25) is 0 Å². The maximum absolute atomic E-state index is 12.2. The number of hydrogen-bond donors (Lipinski definition) is 2. The van der Waals surface area contributed by atoms with Crippen molar-refractivity contribution in [3.63, 3.8) is 0 Å². The molecular weight excluding hydrogens is 292 g/mol. The standard InChI is InChI=1S/C17H26N4O2/c1-21(2)11-5-9-19-17(23)15-12-13(8-10-18-15)16(22)20-14-6-3-4-7-14/h8,10,12,14H,3-7,9,11H2,1-2H3,(H,19,23)(H,20,22). The van der Waals surface area contributed by atoms with Gasteiger partial charge in [0.05, 0.1) is 0 Å². The Hall–Kier alpha value is -1.95. The molecule has 1 fully saturated rings. The molecule has 2 rings (SSSR count). The SMILES string of the molecule is CN(C)CCCNC(=O)c1cc(C(=O)NC2CCCC2)ccn1. The summed E-state index contributed by atoms with van der Waals surface area (Å²) in [6.45, 7) is 1.51. The molecule has 1 aliphatic carbocycles. The van der Waals surface area contributed by atoms with E-state index in [9.17, 15) is 9.59 Å². The van der Waals surface area contributed by atoms with Gasteiger partial charge in [0.25, 0.3) is 11.8 Å². The predicted octanol–water partition coefficient (Wildman–Crippen LogP) is 1.44. The monoisotopic (exact) mass is 318 g/mol. The molecule has 1 aliphatic rings. The molecule has 1 aromatic rings. The van der Waals surface area contributed by atoms with E-state index < -0.39 is 0 Å². The molecule has 6 heteroatoms. The van der Waals surface area contributed by atoms with Crippen molar-refractivity contribution >= 4 is 11.8 Å². The van der Waals surface area contributed by atoms with Gasteiger partial charge in [0, 0.05) is 24.3 Å². The molecule has 23 heavy (non-hydrogen) atoms. The Balaban J connectivity index is 1.87. The fraction of sp³-hybridized carbons (Fsp3) is 0.588. The van der Waals surface area contributed by atoms with Gasteiger partial charge < -0.3 is 15.5 Å². The van der Waals surface area contributed by atoms with Gasteiger partial charge in [-0.3, -0.25) is 14.6 Å². The zero-order valence-electron chi connectivity index (χ0n) is 14.0. The molecular formula is C17H26N4O2. The molecule has 1 heterocycles. The summed E-state index contributed by atoms with van der Waals surface area (Å²) in [5, 5.41) is 5.86. The summed E-state index contributed by atoms with van der Waals surface area (Å²) in [5.41, 5.74) is 0.777. The number of nitrogens with zero attached hydrogens (tertiary/aromatic N) is 2. The van der Waals surface area contributed by atoms with E-state index in [1.807, 2.05) is 14.1 Å². The summed E-state index contributed by atoms with van der Waals surface area (Å²) >= 11 is 0. The van der Waals surface area contributed by atoms with Gasteiger partial charge in [-0.1, -0.05) is 12.8 Å². The number of carbonyl (C=O) groups excluding carboxylic acids is 2. The summed E-state index contributed by atoms with van der Waals surface area (Å²) in [4.78, 5) is 30.5. The van der Waals surface area contributed by atoms with Crippen LogP contribution < -0.4 is 10.6 Å². The molecule has 2 N–H and O–H groups in total. The van der Waals surface area contributed by atoms with E-state index in [1.165, 1.54) is 19.0 Å². The van der Waals surface area contributed by atoms with Crippen LogP contribution in [0.25, 0.3) is 0 Å². The number of rotatable bonds is 7. The highest BCUT2D eigenvalue weighted by Crippen LogP contribution is 2.18. The lowest BCUT2D eigenvalue weighted by molar-refractivity contribution is 0.0937. The Morgan fingerprint density at radius 2 is 2.00 bits per heavy atom. The maximum Gasteiger partial charge on any atom is 0.269 e. The molecule has 1 aromatic heterocycles. The second kappa shape index (κ2) is 8.62. The normalized spacial score (nSPS) is 14.9. The third kappa shape index (κ3) is 5.63. The second-order valence-electron chi connectivity index (χ2n) is 6.30. The minimum absolute atomic E-state index is 0.124. The van der Waals surface area contributed by atoms with Crippen molar-refractivity contribution < 1.29 is 9.59 Å². The summed E-state index contributed by atoms with van der Waals surface area (Å²) in [6, 6.07) is 3.47. The van der Waals surface area contributed by atoms with Gasteiger partial charge in [-0.15, -0.1) is 0 Å². The van der Waals surface area contributed by atoms with E-state index in [4.69, 9.17) is 0 Å². The largest absolute Gasteiger partial charge is 0.351 e. The molecule has 0 saturated heterocycles. The van der Waals surface area contributed by atoms with Gasteiger partial charge in [-0.25, -0.2) is 0 Å². The Labute approximate surface area is 137 Å². The first-order valence-corrected chi connectivity index (χ1v) is 8.26. The van der Waals surface area contributed by atoms with Crippen molar-refractivity contribution in [3.05, 3.63) is 29.6 Å². The third-order valence-electron chi connectivity index (χ3n) is 4.01. The number of nitrogens with one attached hydrogen (secondary N) is 2. The molecule has 1 saturated carbocycles. The number of amides is 2. The first-order valence-electron chi connectivity index (χ1n) is 8.26. The Morgan fingerprint density at radius 3 is 2.70 bits per heavy atom. The number of aromatic nitrogens is 1. The van der Waals surface area contributed by atoms with Crippen LogP contribution in [0.1, 0.15) is 53.0 Å². The number of hydrogen-bond acceptors (Lipinski definition) is 4. The Bertz CT molecular complexity index is 539. The zero-order chi connectivity index (χ0) is 16.7. The first kappa shape index (κ1) is 17.4. The molecule has 0 spiro atoms. The molecule has 0 atom stereocenters. The van der Waals surface area contributed by atoms with Crippen LogP contribution >= 0.6 is 0 Å². The lowest BCUT2D eigenvalue weighted by Crippen LogP contribution is -2.33. The van der Waals surface area contributed by atoms with Crippen LogP contribution in [0.5, 0.6) is 0 Å². The lowest BCUT2D eigenvalue weighted by Gasteiger charge is -2.12. The van der Waals surface area contributed by atoms with E-state index >= 15 is 0 Å². The fourth-order valence-corrected chi connectivity index (χ4v) is 2.72. The molecule has 6 nitrogen and oxygen atoms in total. The maximum atomic E-state index is 12.2. The Kier molecular flexibility index (Phi) is 6.52. The number of pyridine rings is 1. The third-order valence-corrected chi connectivity index (χ3v) is 4.01. The number of carbonyl (C=O) groups is 2. The highest BCUT2D eigenvalue weighted by Gasteiger charge is 2.18. The van der Waals surface area contributed by atoms with Gasteiger partial charge in [-0.2, -0.15) is 0 Å². The second-order valence-corrected chi connectivity index (χ2v) is 6.30. The molecule has 0 bridgehead atoms. The van der Waals surface area contributed by atoms with Crippen LogP contribution in [0, 0.1) is 0 Å². The molecule has 0 radical (unpaired) electrons. The molecule has 2 amide bonds. The molecule has 0 aromatic carbocycles. The first-order chi connectivity index (χ1) is 11.1. The van der Waals surface area contributed by atoms with Gasteiger partial charge in [0.1, 0.15) is 5.69 Å². The van der Waals surface area contributed by atoms with Crippen LogP contribution in [0.2, 0.25) is 0 Å². The van der Waals surface area contributed by atoms with Gasteiger partial charge in [-0.05, 0) is 52.0 Å². The van der Waals surface area contributed by atoms with Crippen LogP contribution in [0.3, 0.4) is 0 Å². The summed E-state index contributed by atoms with van der Waals surface area (Å²) < 4.78 is 0. The Morgan fingerprint density at radius 1 is 1.26 bits per heavy atom. The van der Waals surface area contributed by atoms with Gasteiger partial charge >= 0.3 is 0 Å². The zero-order valence-corrected chi connectivity index (χ0v) is 14.0. The summed E-state index contributed by atoms with van der Waals surface area (Å²) in [7, 11) is 3.99. The van der Waals surface area contributed by atoms with Crippen molar-refractivity contribution in [2.75, 3.05) is 27.2 Å². The minimum Gasteiger partial charge on any atom is -0.351 e. The van der Waals surface area contributed by atoms with Crippen molar-refractivity contribution in [1.82, 2.24) is 20.5 Å². The van der Waals surface area contributed by atoms with Gasteiger partial charge in [0.15, 0.2) is 0 Å². The van der Waals surface area contributed by atoms with E-state index in [0.29, 0.717) is 12.1 Å². The minimum atomic E-state index is -0.237. The quantitative estimate of drug-likeness (QED) is 0.746. The highest BCUT2D eigenvalue weighted by molar-refractivity contribution is 5.98. The summed E-state index contributed by atoms with van der Waals surface area (Å²) in [6.07, 6.45) is 6.80. The van der Waals surface area contributed by atoms with Crippen molar-refractivity contribution in [3.8, 4) is 0 Å². The highest BCUT2D eigenvalue weighted by atomic mass is 16.2. The topological polar surface area (TPSA) is 74.3 Å². The van der Waals surface area contributed by atoms with E-state index in [0.717, 1.165) is 25.8 Å². The van der Waals surface area contributed by atoms with Crippen LogP contribution in [-0.4, -0.2) is 54.9 Å². The average molecular weight is 318 g/mol. The van der Waals surface area contributed by atoms with Crippen molar-refractivity contribution in [2.24, 2.45) is 0 Å². The average Bonchev–Trinajstić information content (AvgIpc) is 3.04. The molecule has 126 valence electrons. The van der Waals surface area contributed by atoms with E-state index in [1.54, 1.807) is 12.1 Å². The van der Waals surface area contributed by atoms with E-state index in [2.05, 4.69) is 20.5 Å². The summed E-state index contributed by atoms with van der Waals surface area (Å²) in [5.74, 6) is -0.361. The molecule has 0 aliphatic heterocycles. The van der Waals surface area contributed by atoms with E-state index in [-0.39, 0.29) is 23.6 Å². The fourth-order valence-electron chi connectivity index (χ4n) is 2.72. The van der Waals surface area contributed by atoms with Crippen LogP contribution in [-0.2, 0) is 0 Å². The van der Waals surface area contributed by atoms with Crippen LogP contribution in [0.15, 0.2) is 18.3 Å². The van der Waals surface area contributed by atoms with Crippen LogP contribution in [0.4, 0.5) is 0 Å². The van der Waals surface area contributed by atoms with Crippen molar-refractivity contribution in [2.45, 2.75) is 38.1 Å².